The van der Waals surface area contributed by atoms with E-state index < -0.39 is 0 Å². The van der Waals surface area contributed by atoms with Crippen LogP contribution in [0.4, 0.5) is 0 Å². The van der Waals surface area contributed by atoms with Gasteiger partial charge >= 0.3 is 0 Å². The maximum atomic E-state index is 12.1. The molecule has 1 heterocycles. The summed E-state index contributed by atoms with van der Waals surface area (Å²) >= 11 is 0. The van der Waals surface area contributed by atoms with Crippen LogP contribution < -0.4 is 0 Å². The lowest BCUT2D eigenvalue weighted by atomic mass is 10.1. The molecule has 4 heteroatoms. The largest absolute Gasteiger partial charge is 0.395 e. The monoisotopic (exact) mass is 282 g/mol. The zero-order valence-corrected chi connectivity index (χ0v) is 12.0. The van der Waals surface area contributed by atoms with Crippen LogP contribution in [0.3, 0.4) is 0 Å². The number of nitrogens with one attached hydrogen (secondary N) is 1. The third-order valence-corrected chi connectivity index (χ3v) is 2.99. The summed E-state index contributed by atoms with van der Waals surface area (Å²) in [6, 6.07) is 11.3. The molecule has 0 aliphatic heterocycles. The van der Waals surface area contributed by atoms with E-state index in [0.29, 0.717) is 18.7 Å². The first-order chi connectivity index (χ1) is 10.2. The number of aliphatic hydroxyl groups excluding tert-OH is 1. The van der Waals surface area contributed by atoms with Crippen molar-refractivity contribution < 1.29 is 9.90 Å². The number of amides is 1. The van der Waals surface area contributed by atoms with Crippen LogP contribution >= 0.6 is 0 Å². The number of aliphatic hydroxyl groups is 1. The second-order valence-electron chi connectivity index (χ2n) is 4.72. The quantitative estimate of drug-likeness (QED) is 0.843. The summed E-state index contributed by atoms with van der Waals surface area (Å²) in [5, 5.41) is 8.72. The van der Waals surface area contributed by atoms with E-state index in [2.05, 4.69) is 16.8 Å². The Morgan fingerprint density at radius 1 is 1.33 bits per heavy atom. The molecule has 108 valence electrons. The molecule has 4 nitrogen and oxygen atoms in total. The van der Waals surface area contributed by atoms with Crippen LogP contribution in [0, 0.1) is 11.8 Å². The van der Waals surface area contributed by atoms with Gasteiger partial charge in [-0.05, 0) is 29.8 Å². The van der Waals surface area contributed by atoms with Gasteiger partial charge in [-0.2, -0.15) is 0 Å². The average molecular weight is 282 g/mol. The second kappa shape index (κ2) is 7.32. The van der Waals surface area contributed by atoms with Gasteiger partial charge in [0, 0.05) is 31.8 Å². The Labute approximate surface area is 124 Å². The Morgan fingerprint density at radius 2 is 2.19 bits per heavy atom. The predicted molar refractivity (Wildman–Crippen MR) is 81.6 cm³/mol. The molecule has 0 saturated carbocycles. The number of hydrogen-bond acceptors (Lipinski definition) is 2. The molecule has 2 rings (SSSR count). The Bertz CT molecular complexity index is 651. The van der Waals surface area contributed by atoms with E-state index >= 15 is 0 Å². The van der Waals surface area contributed by atoms with Gasteiger partial charge in [-0.15, -0.1) is 0 Å². The molecular formula is C17H18N2O2. The van der Waals surface area contributed by atoms with Gasteiger partial charge in [0.1, 0.15) is 5.69 Å². The highest BCUT2D eigenvalue weighted by Gasteiger charge is 2.12. The molecule has 0 saturated heterocycles. The van der Waals surface area contributed by atoms with Crippen LogP contribution in [0.5, 0.6) is 0 Å². The van der Waals surface area contributed by atoms with E-state index in [-0.39, 0.29) is 12.5 Å². The number of carbonyl (C=O) groups excluding carboxylic acids is 1. The van der Waals surface area contributed by atoms with E-state index in [4.69, 9.17) is 5.11 Å². The lowest BCUT2D eigenvalue weighted by Crippen LogP contribution is -2.26. The Morgan fingerprint density at radius 3 is 2.90 bits per heavy atom. The van der Waals surface area contributed by atoms with Crippen molar-refractivity contribution in [3.8, 4) is 11.8 Å². The summed E-state index contributed by atoms with van der Waals surface area (Å²) in [6.45, 7) is 0.591. The fourth-order valence-electron chi connectivity index (χ4n) is 1.98. The molecule has 0 atom stereocenters. The van der Waals surface area contributed by atoms with Gasteiger partial charge in [-0.1, -0.05) is 24.0 Å². The standard InChI is InChI=1S/C17H18N2O2/c1-19(17(21)16-9-5-10-18-16)13-15-8-4-7-14(12-15)6-2-3-11-20/h4-5,7-10,12,18,20H,3,11,13H2,1H3. The summed E-state index contributed by atoms with van der Waals surface area (Å²) in [6.07, 6.45) is 2.20. The fraction of sp³-hybridized carbons (Fsp3) is 0.235. The second-order valence-corrected chi connectivity index (χ2v) is 4.72. The van der Waals surface area contributed by atoms with Crippen molar-refractivity contribution >= 4 is 5.91 Å². The van der Waals surface area contributed by atoms with Crippen LogP contribution in [0.2, 0.25) is 0 Å². The molecule has 1 aromatic heterocycles. The minimum atomic E-state index is -0.0447. The molecule has 21 heavy (non-hydrogen) atoms. The molecule has 0 bridgehead atoms. The summed E-state index contributed by atoms with van der Waals surface area (Å²) in [4.78, 5) is 16.7. The van der Waals surface area contributed by atoms with Crippen LogP contribution in [0.1, 0.15) is 28.0 Å². The lowest BCUT2D eigenvalue weighted by molar-refractivity contribution is 0.0780. The molecular weight excluding hydrogens is 264 g/mol. The van der Waals surface area contributed by atoms with Crippen molar-refractivity contribution in [2.24, 2.45) is 0 Å². The minimum Gasteiger partial charge on any atom is -0.395 e. The molecule has 0 aliphatic carbocycles. The van der Waals surface area contributed by atoms with E-state index in [0.717, 1.165) is 11.1 Å². The molecule has 0 spiro atoms. The maximum Gasteiger partial charge on any atom is 0.270 e. The average Bonchev–Trinajstić information content (AvgIpc) is 3.01. The molecule has 1 aromatic carbocycles. The first kappa shape index (κ1) is 14.9. The number of H-pyrrole nitrogens is 1. The summed E-state index contributed by atoms with van der Waals surface area (Å²) in [5.74, 6) is 5.84. The Kier molecular flexibility index (Phi) is 5.19. The zero-order valence-electron chi connectivity index (χ0n) is 12.0. The number of aromatic amines is 1. The molecule has 0 radical (unpaired) electrons. The van der Waals surface area contributed by atoms with E-state index in [1.165, 1.54) is 0 Å². The number of rotatable bonds is 4. The normalized spacial score (nSPS) is 9.81. The third-order valence-electron chi connectivity index (χ3n) is 2.99. The summed E-state index contributed by atoms with van der Waals surface area (Å²) in [5.41, 5.74) is 2.49. The lowest BCUT2D eigenvalue weighted by Gasteiger charge is -2.16. The van der Waals surface area contributed by atoms with Gasteiger partial charge < -0.3 is 15.0 Å². The van der Waals surface area contributed by atoms with E-state index in [1.54, 1.807) is 30.3 Å². The maximum absolute atomic E-state index is 12.1. The van der Waals surface area contributed by atoms with Crippen molar-refractivity contribution in [3.05, 3.63) is 59.4 Å². The van der Waals surface area contributed by atoms with E-state index in [9.17, 15) is 4.79 Å². The zero-order chi connectivity index (χ0) is 15.1. The van der Waals surface area contributed by atoms with Gasteiger partial charge in [-0.3, -0.25) is 4.79 Å². The minimum absolute atomic E-state index is 0.0447. The van der Waals surface area contributed by atoms with Crippen molar-refractivity contribution in [1.82, 2.24) is 9.88 Å². The first-order valence-corrected chi connectivity index (χ1v) is 6.78. The number of hydrogen-bond donors (Lipinski definition) is 2. The Hall–Kier alpha value is -2.51. The highest BCUT2D eigenvalue weighted by atomic mass is 16.2. The highest BCUT2D eigenvalue weighted by molar-refractivity contribution is 5.92. The van der Waals surface area contributed by atoms with Crippen molar-refractivity contribution in [2.75, 3.05) is 13.7 Å². The van der Waals surface area contributed by atoms with Crippen molar-refractivity contribution in [1.29, 1.82) is 0 Å². The van der Waals surface area contributed by atoms with Crippen LogP contribution in [0.25, 0.3) is 0 Å². The number of benzene rings is 1. The first-order valence-electron chi connectivity index (χ1n) is 6.78. The van der Waals surface area contributed by atoms with Crippen LogP contribution in [-0.4, -0.2) is 34.6 Å². The van der Waals surface area contributed by atoms with Crippen LogP contribution in [-0.2, 0) is 6.54 Å². The van der Waals surface area contributed by atoms with Gasteiger partial charge in [-0.25, -0.2) is 0 Å². The van der Waals surface area contributed by atoms with Gasteiger partial charge in [0.15, 0.2) is 0 Å². The van der Waals surface area contributed by atoms with Gasteiger partial charge in [0.25, 0.3) is 5.91 Å². The van der Waals surface area contributed by atoms with Gasteiger partial charge in [0.05, 0.1) is 6.61 Å². The fourth-order valence-corrected chi connectivity index (χ4v) is 1.98. The molecule has 2 N–H and O–H groups in total. The topological polar surface area (TPSA) is 56.3 Å². The number of carbonyl (C=O) groups is 1. The smallest absolute Gasteiger partial charge is 0.270 e. The van der Waals surface area contributed by atoms with Crippen molar-refractivity contribution in [2.45, 2.75) is 13.0 Å². The van der Waals surface area contributed by atoms with Crippen LogP contribution in [0.15, 0.2) is 42.6 Å². The predicted octanol–water partition coefficient (Wildman–Crippen LogP) is 2.02. The van der Waals surface area contributed by atoms with E-state index in [1.807, 2.05) is 24.3 Å². The van der Waals surface area contributed by atoms with Gasteiger partial charge in [0.2, 0.25) is 0 Å². The SMILES string of the molecule is CN(Cc1cccc(C#CCCO)c1)C(=O)c1ccc[nH]1. The van der Waals surface area contributed by atoms with Crippen molar-refractivity contribution in [3.63, 3.8) is 0 Å². The molecule has 0 aliphatic rings. The number of nitrogens with zero attached hydrogens (tertiary/aromatic N) is 1. The summed E-state index contributed by atoms with van der Waals surface area (Å²) < 4.78 is 0. The molecule has 2 aromatic rings. The number of aromatic nitrogens is 1. The highest BCUT2D eigenvalue weighted by Crippen LogP contribution is 2.09. The molecule has 0 fully saturated rings. The Balaban J connectivity index is 2.04. The molecule has 0 unspecified atom stereocenters. The molecule has 1 amide bonds. The summed E-state index contributed by atoms with van der Waals surface area (Å²) in [7, 11) is 1.77. The third kappa shape index (κ3) is 4.23.